The van der Waals surface area contributed by atoms with Crippen molar-refractivity contribution in [3.05, 3.63) is 0 Å². The van der Waals surface area contributed by atoms with E-state index in [1.54, 1.807) is 6.92 Å². The lowest BCUT2D eigenvalue weighted by Gasteiger charge is -2.27. The quantitative estimate of drug-likeness (QED) is 0.604. The van der Waals surface area contributed by atoms with E-state index in [4.69, 9.17) is 4.74 Å². The normalized spacial score (nSPS) is 23.5. The van der Waals surface area contributed by atoms with Crippen LogP contribution in [0, 0.1) is 0 Å². The molecule has 0 spiro atoms. The lowest BCUT2D eigenvalue weighted by atomic mass is 10.1. The van der Waals surface area contributed by atoms with Gasteiger partial charge < -0.3 is 25.4 Å². The zero-order valence-corrected chi connectivity index (χ0v) is 10.8. The summed E-state index contributed by atoms with van der Waals surface area (Å²) in [6.45, 7) is 3.70. The molecule has 0 saturated carbocycles. The van der Waals surface area contributed by atoms with Crippen LogP contribution in [0.1, 0.15) is 13.3 Å². The average molecular weight is 245 g/mol. The second kappa shape index (κ2) is 6.18. The van der Waals surface area contributed by atoms with E-state index in [9.17, 15) is 9.90 Å². The number of carbonyl (C=O) groups is 1. The van der Waals surface area contributed by atoms with Crippen molar-refractivity contribution in [2.75, 3.05) is 40.4 Å². The van der Waals surface area contributed by atoms with Crippen LogP contribution >= 0.6 is 0 Å². The van der Waals surface area contributed by atoms with E-state index in [-0.39, 0.29) is 18.6 Å². The highest BCUT2D eigenvalue weighted by Crippen LogP contribution is 2.04. The molecule has 100 valence electrons. The summed E-state index contributed by atoms with van der Waals surface area (Å²) in [7, 11) is 3.76. The molecule has 1 saturated heterocycles. The van der Waals surface area contributed by atoms with E-state index in [2.05, 4.69) is 10.6 Å². The lowest BCUT2D eigenvalue weighted by molar-refractivity contribution is 0.0359. The molecular formula is C11H23N3O3. The van der Waals surface area contributed by atoms with Crippen molar-refractivity contribution in [3.63, 3.8) is 0 Å². The van der Waals surface area contributed by atoms with Crippen LogP contribution in [0.4, 0.5) is 4.79 Å². The predicted molar refractivity (Wildman–Crippen MR) is 64.9 cm³/mol. The molecule has 6 nitrogen and oxygen atoms in total. The number of aliphatic hydroxyl groups is 1. The number of nitrogens with zero attached hydrogens (tertiary/aromatic N) is 1. The molecule has 1 fully saturated rings. The SMILES string of the molecule is CN(C)CC(C)(O)CNC(=O)NC1CCOC1. The van der Waals surface area contributed by atoms with Crippen LogP contribution < -0.4 is 10.6 Å². The summed E-state index contributed by atoms with van der Waals surface area (Å²) in [5, 5.41) is 15.5. The first-order valence-corrected chi connectivity index (χ1v) is 5.88. The number of nitrogens with one attached hydrogen (secondary N) is 2. The van der Waals surface area contributed by atoms with Gasteiger partial charge in [0, 0.05) is 19.7 Å². The van der Waals surface area contributed by atoms with Crippen molar-refractivity contribution in [1.82, 2.24) is 15.5 Å². The second-order valence-electron chi connectivity index (χ2n) is 5.12. The number of carbonyl (C=O) groups excluding carboxylic acids is 1. The van der Waals surface area contributed by atoms with Crippen LogP contribution in [0.15, 0.2) is 0 Å². The molecule has 2 amide bonds. The molecule has 0 aromatic carbocycles. The maximum atomic E-state index is 11.5. The summed E-state index contributed by atoms with van der Waals surface area (Å²) in [5.41, 5.74) is -0.924. The molecule has 1 aliphatic heterocycles. The minimum atomic E-state index is -0.924. The van der Waals surface area contributed by atoms with Crippen molar-refractivity contribution in [2.24, 2.45) is 0 Å². The van der Waals surface area contributed by atoms with Gasteiger partial charge in [0.1, 0.15) is 0 Å². The third kappa shape index (κ3) is 5.86. The summed E-state index contributed by atoms with van der Waals surface area (Å²) in [6.07, 6.45) is 0.849. The highest BCUT2D eigenvalue weighted by atomic mass is 16.5. The van der Waals surface area contributed by atoms with E-state index in [0.29, 0.717) is 19.8 Å². The van der Waals surface area contributed by atoms with E-state index in [0.717, 1.165) is 6.42 Å². The molecule has 2 unspecified atom stereocenters. The minimum Gasteiger partial charge on any atom is -0.387 e. The summed E-state index contributed by atoms with van der Waals surface area (Å²) in [6, 6.07) is -0.159. The number of urea groups is 1. The zero-order valence-electron chi connectivity index (χ0n) is 10.8. The highest BCUT2D eigenvalue weighted by molar-refractivity contribution is 5.74. The number of rotatable bonds is 5. The Morgan fingerprint density at radius 1 is 1.59 bits per heavy atom. The van der Waals surface area contributed by atoms with Gasteiger partial charge in [-0.3, -0.25) is 0 Å². The summed E-state index contributed by atoms with van der Waals surface area (Å²) in [4.78, 5) is 13.4. The summed E-state index contributed by atoms with van der Waals surface area (Å²) >= 11 is 0. The van der Waals surface area contributed by atoms with Crippen molar-refractivity contribution in [1.29, 1.82) is 0 Å². The Kier molecular flexibility index (Phi) is 5.17. The van der Waals surface area contributed by atoms with E-state index < -0.39 is 5.60 Å². The Morgan fingerprint density at radius 3 is 2.82 bits per heavy atom. The third-order valence-corrected chi connectivity index (χ3v) is 2.55. The lowest BCUT2D eigenvalue weighted by Crippen LogP contribution is -2.51. The molecule has 17 heavy (non-hydrogen) atoms. The van der Waals surface area contributed by atoms with Crippen LogP contribution in [0.5, 0.6) is 0 Å². The molecule has 0 radical (unpaired) electrons. The van der Waals surface area contributed by atoms with Gasteiger partial charge in [0.25, 0.3) is 0 Å². The molecule has 3 N–H and O–H groups in total. The molecule has 2 atom stereocenters. The maximum Gasteiger partial charge on any atom is 0.315 e. The Hall–Kier alpha value is -0.850. The molecule has 0 aromatic heterocycles. The third-order valence-electron chi connectivity index (χ3n) is 2.55. The highest BCUT2D eigenvalue weighted by Gasteiger charge is 2.23. The molecule has 0 aromatic rings. The molecule has 1 rings (SSSR count). The fourth-order valence-corrected chi connectivity index (χ4v) is 1.89. The van der Waals surface area contributed by atoms with Crippen LogP contribution in [-0.4, -0.2) is 68.1 Å². The fraction of sp³-hybridized carbons (Fsp3) is 0.909. The molecule has 6 heteroatoms. The Bertz CT molecular complexity index is 250. The van der Waals surface area contributed by atoms with E-state index in [1.165, 1.54) is 0 Å². The second-order valence-corrected chi connectivity index (χ2v) is 5.12. The zero-order chi connectivity index (χ0) is 12.9. The van der Waals surface area contributed by atoms with Crippen LogP contribution in [0.3, 0.4) is 0 Å². The number of ether oxygens (including phenoxy) is 1. The van der Waals surface area contributed by atoms with Gasteiger partial charge in [-0.25, -0.2) is 4.79 Å². The van der Waals surface area contributed by atoms with Gasteiger partial charge in [-0.15, -0.1) is 0 Å². The van der Waals surface area contributed by atoms with Crippen molar-refractivity contribution in [3.8, 4) is 0 Å². The number of amides is 2. The first-order valence-electron chi connectivity index (χ1n) is 5.88. The largest absolute Gasteiger partial charge is 0.387 e. The standard InChI is InChI=1S/C11H23N3O3/c1-11(16,8-14(2)3)7-12-10(15)13-9-4-5-17-6-9/h9,16H,4-8H2,1-3H3,(H2,12,13,15). The van der Waals surface area contributed by atoms with Gasteiger partial charge in [-0.2, -0.15) is 0 Å². The average Bonchev–Trinajstić information content (AvgIpc) is 2.65. The van der Waals surface area contributed by atoms with Crippen molar-refractivity contribution < 1.29 is 14.6 Å². The predicted octanol–water partition coefficient (Wildman–Crippen LogP) is -0.613. The van der Waals surface area contributed by atoms with Gasteiger partial charge in [-0.05, 0) is 27.4 Å². The van der Waals surface area contributed by atoms with Crippen molar-refractivity contribution >= 4 is 6.03 Å². The minimum absolute atomic E-state index is 0.0915. The van der Waals surface area contributed by atoms with Crippen molar-refractivity contribution in [2.45, 2.75) is 25.0 Å². The smallest absolute Gasteiger partial charge is 0.315 e. The molecular weight excluding hydrogens is 222 g/mol. The number of hydrogen-bond donors (Lipinski definition) is 3. The molecule has 0 bridgehead atoms. The summed E-state index contributed by atoms with van der Waals surface area (Å²) in [5.74, 6) is 0. The van der Waals surface area contributed by atoms with Gasteiger partial charge in [0.2, 0.25) is 0 Å². The van der Waals surface area contributed by atoms with Crippen LogP contribution in [0.2, 0.25) is 0 Å². The Morgan fingerprint density at radius 2 is 2.29 bits per heavy atom. The van der Waals surface area contributed by atoms with E-state index in [1.807, 2.05) is 19.0 Å². The monoisotopic (exact) mass is 245 g/mol. The molecule has 0 aliphatic carbocycles. The Labute approximate surface area is 102 Å². The van der Waals surface area contributed by atoms with Gasteiger partial charge in [-0.1, -0.05) is 0 Å². The van der Waals surface area contributed by atoms with Crippen LogP contribution in [-0.2, 0) is 4.74 Å². The van der Waals surface area contributed by atoms with Gasteiger partial charge in [0.15, 0.2) is 0 Å². The number of likely N-dealkylation sites (N-methyl/N-ethyl adjacent to an activating group) is 1. The first-order chi connectivity index (χ1) is 7.89. The van der Waals surface area contributed by atoms with Gasteiger partial charge >= 0.3 is 6.03 Å². The summed E-state index contributed by atoms with van der Waals surface area (Å²) < 4.78 is 5.16. The maximum absolute atomic E-state index is 11.5. The molecule has 1 aliphatic rings. The van der Waals surface area contributed by atoms with E-state index >= 15 is 0 Å². The van der Waals surface area contributed by atoms with Crippen LogP contribution in [0.25, 0.3) is 0 Å². The first kappa shape index (κ1) is 14.2. The Balaban J connectivity index is 2.22. The number of hydrogen-bond acceptors (Lipinski definition) is 4. The fourth-order valence-electron chi connectivity index (χ4n) is 1.89. The topological polar surface area (TPSA) is 73.8 Å². The molecule has 1 heterocycles. The van der Waals surface area contributed by atoms with Gasteiger partial charge in [0.05, 0.1) is 18.2 Å².